The number of aromatic hydroxyl groups is 1. The van der Waals surface area contributed by atoms with Gasteiger partial charge in [0.05, 0.1) is 47.3 Å². The molecule has 4 rings (SSSR count). The topological polar surface area (TPSA) is 105 Å². The Hall–Kier alpha value is -3.15. The zero-order valence-electron chi connectivity index (χ0n) is 19.4. The fraction of sp³-hybridized carbons (Fsp3) is 0.391. The molecule has 11 heteroatoms. The van der Waals surface area contributed by atoms with Gasteiger partial charge in [0, 0.05) is 31.3 Å². The number of ether oxygens (including phenoxy) is 4. The maximum atomic E-state index is 12.9. The lowest BCUT2D eigenvalue weighted by Crippen LogP contribution is -2.41. The van der Waals surface area contributed by atoms with Gasteiger partial charge >= 0.3 is 0 Å². The van der Waals surface area contributed by atoms with Crippen LogP contribution in [0.5, 0.6) is 23.0 Å². The summed E-state index contributed by atoms with van der Waals surface area (Å²) < 4.78 is 38.8. The number of phenols is 1. The van der Waals surface area contributed by atoms with Crippen molar-refractivity contribution in [2.45, 2.75) is 4.90 Å². The molecule has 0 saturated carbocycles. The number of rotatable bonds is 8. The summed E-state index contributed by atoms with van der Waals surface area (Å²) in [4.78, 5) is 2.78. The average Bonchev–Trinajstić information content (AvgIpc) is 3.21. The predicted octanol–water partition coefficient (Wildman–Crippen LogP) is 1.87. The van der Waals surface area contributed by atoms with Crippen molar-refractivity contribution >= 4 is 23.0 Å². The molecule has 0 aromatic heterocycles. The first-order valence-corrected chi connectivity index (χ1v) is 11.9. The molecule has 1 unspecified atom stereocenters. The third-order valence-electron chi connectivity index (χ3n) is 5.60. The molecule has 34 heavy (non-hydrogen) atoms. The highest BCUT2D eigenvalue weighted by atomic mass is 32.2. The second-order valence-electron chi connectivity index (χ2n) is 7.62. The fourth-order valence-corrected chi connectivity index (χ4v) is 4.84. The molecule has 1 N–H and O–H groups in total. The Balaban J connectivity index is 1.67. The molecular weight excluding hydrogens is 460 g/mol. The fourth-order valence-electron chi connectivity index (χ4n) is 3.74. The van der Waals surface area contributed by atoms with Crippen LogP contribution in [0.25, 0.3) is 0 Å². The summed E-state index contributed by atoms with van der Waals surface area (Å²) in [6.45, 7) is 4.30. The van der Waals surface area contributed by atoms with Crippen molar-refractivity contribution in [1.29, 1.82) is 0 Å². The molecule has 182 valence electrons. The van der Waals surface area contributed by atoms with Crippen molar-refractivity contribution in [3.05, 3.63) is 41.5 Å². The molecule has 2 aromatic rings. The van der Waals surface area contributed by atoms with Crippen molar-refractivity contribution in [3.8, 4) is 23.0 Å². The lowest BCUT2D eigenvalue weighted by Gasteiger charge is -2.29. The quantitative estimate of drug-likeness (QED) is 0.444. The number of morpholine rings is 1. The van der Waals surface area contributed by atoms with Crippen LogP contribution in [0.2, 0.25) is 0 Å². The van der Waals surface area contributed by atoms with Gasteiger partial charge in [0.1, 0.15) is 16.4 Å². The summed E-state index contributed by atoms with van der Waals surface area (Å²) in [6.07, 6.45) is 1.65. The van der Waals surface area contributed by atoms with Crippen molar-refractivity contribution < 1.29 is 28.3 Å². The summed E-state index contributed by atoms with van der Waals surface area (Å²) in [6, 6.07) is 8.46. The third-order valence-corrected chi connectivity index (χ3v) is 6.70. The first kappa shape index (κ1) is 24.0. The molecule has 0 amide bonds. The first-order chi connectivity index (χ1) is 16.5. The zero-order valence-corrected chi connectivity index (χ0v) is 20.2. The van der Waals surface area contributed by atoms with Crippen LogP contribution in [0.15, 0.2) is 44.7 Å². The van der Waals surface area contributed by atoms with E-state index >= 15 is 0 Å². The van der Waals surface area contributed by atoms with E-state index < -0.39 is 11.0 Å². The molecule has 10 nitrogen and oxygen atoms in total. The number of hydrazone groups is 1. The number of hydrogen-bond acceptors (Lipinski definition) is 9. The minimum atomic E-state index is -1.63. The van der Waals surface area contributed by atoms with Gasteiger partial charge in [-0.3, -0.25) is 4.90 Å². The van der Waals surface area contributed by atoms with Gasteiger partial charge in [0.25, 0.3) is 0 Å². The minimum Gasteiger partial charge on any atom is -0.504 e. The summed E-state index contributed by atoms with van der Waals surface area (Å²) in [7, 11) is 2.95. The molecule has 1 saturated heterocycles. The van der Waals surface area contributed by atoms with Crippen LogP contribution in [-0.4, -0.2) is 92.0 Å². The van der Waals surface area contributed by atoms with Gasteiger partial charge in [0.15, 0.2) is 28.3 Å². The van der Waals surface area contributed by atoms with Crippen molar-refractivity contribution in [2.24, 2.45) is 9.50 Å². The number of nitrogens with zero attached hydrogens (tertiary/aromatic N) is 4. The van der Waals surface area contributed by atoms with Crippen molar-refractivity contribution in [1.82, 2.24) is 9.91 Å². The van der Waals surface area contributed by atoms with Gasteiger partial charge in [-0.1, -0.05) is 0 Å². The molecule has 0 spiro atoms. The van der Waals surface area contributed by atoms with Crippen LogP contribution in [0, 0.1) is 0 Å². The number of benzene rings is 2. The van der Waals surface area contributed by atoms with Crippen LogP contribution in [0.1, 0.15) is 11.1 Å². The highest BCUT2D eigenvalue weighted by Crippen LogP contribution is 2.37. The van der Waals surface area contributed by atoms with Gasteiger partial charge in [0.2, 0.25) is 0 Å². The highest BCUT2D eigenvalue weighted by Gasteiger charge is 2.31. The Kier molecular flexibility index (Phi) is 7.66. The number of methoxy groups -OCH3 is 3. The second kappa shape index (κ2) is 10.9. The summed E-state index contributed by atoms with van der Waals surface area (Å²) in [5.74, 6) is 1.89. The van der Waals surface area contributed by atoms with E-state index in [2.05, 4.69) is 14.4 Å². The van der Waals surface area contributed by atoms with Crippen molar-refractivity contribution in [3.63, 3.8) is 0 Å². The normalized spacial score (nSPS) is 18.0. The van der Waals surface area contributed by atoms with Crippen LogP contribution in [-0.2, 0) is 15.7 Å². The Labute approximate surface area is 201 Å². The van der Waals surface area contributed by atoms with Crippen LogP contribution < -0.4 is 14.2 Å². The molecule has 1 atom stereocenters. The Bertz CT molecular complexity index is 1120. The van der Waals surface area contributed by atoms with Crippen LogP contribution in [0.4, 0.5) is 0 Å². The second-order valence-corrected chi connectivity index (χ2v) is 8.71. The monoisotopic (exact) mass is 488 g/mol. The molecule has 1 fully saturated rings. The van der Waals surface area contributed by atoms with E-state index in [1.807, 2.05) is 0 Å². The summed E-state index contributed by atoms with van der Waals surface area (Å²) in [5, 5.41) is 16.3. The molecule has 0 radical (unpaired) electrons. The minimum absolute atomic E-state index is 0.0486. The Morgan fingerprint density at radius 2 is 1.91 bits per heavy atom. The Morgan fingerprint density at radius 1 is 1.15 bits per heavy atom. The molecule has 0 bridgehead atoms. The van der Waals surface area contributed by atoms with E-state index in [-0.39, 0.29) is 5.75 Å². The molecule has 2 aromatic carbocycles. The van der Waals surface area contributed by atoms with Crippen molar-refractivity contribution in [2.75, 3.05) is 60.7 Å². The number of hydrogen-bond donors (Lipinski definition) is 1. The van der Waals surface area contributed by atoms with Gasteiger partial charge in [-0.25, -0.2) is 9.22 Å². The van der Waals surface area contributed by atoms with Gasteiger partial charge in [-0.2, -0.15) is 9.50 Å². The molecule has 2 aliphatic rings. The smallest absolute Gasteiger partial charge is 0.179 e. The van der Waals surface area contributed by atoms with E-state index in [1.165, 1.54) is 14.2 Å². The number of amidine groups is 1. The summed E-state index contributed by atoms with van der Waals surface area (Å²) >= 11 is 0. The Morgan fingerprint density at radius 3 is 2.62 bits per heavy atom. The average molecular weight is 489 g/mol. The molecule has 2 heterocycles. The highest BCUT2D eigenvalue weighted by molar-refractivity contribution is 7.84. The third kappa shape index (κ3) is 5.16. The number of phenolic OH excluding ortho intramolecular Hbond substituents is 1. The largest absolute Gasteiger partial charge is 0.504 e. The van der Waals surface area contributed by atoms with E-state index in [1.54, 1.807) is 48.7 Å². The van der Waals surface area contributed by atoms with E-state index in [0.29, 0.717) is 53.3 Å². The van der Waals surface area contributed by atoms with Gasteiger partial charge in [-0.05, 0) is 29.8 Å². The molecule has 0 aliphatic carbocycles. The van der Waals surface area contributed by atoms with Crippen LogP contribution >= 0.6 is 0 Å². The maximum absolute atomic E-state index is 12.9. The van der Waals surface area contributed by atoms with E-state index in [0.717, 1.165) is 25.2 Å². The predicted molar refractivity (Wildman–Crippen MR) is 129 cm³/mol. The lowest BCUT2D eigenvalue weighted by molar-refractivity contribution is 0.0360. The number of fused-ring (bicyclic) bond motifs is 1. The van der Waals surface area contributed by atoms with E-state index in [9.17, 15) is 9.32 Å². The SMILES string of the molecule is COc1cc(OC)c2c(c1)C(N(CCN1CCOCC1)/N=C/c1ccc(O)c(OC)c1)=NS2=O. The molecular formula is C23H28N4O6S. The van der Waals surface area contributed by atoms with Gasteiger partial charge in [-0.15, -0.1) is 0 Å². The van der Waals surface area contributed by atoms with E-state index in [4.69, 9.17) is 18.9 Å². The first-order valence-electron chi connectivity index (χ1n) is 10.8. The maximum Gasteiger partial charge on any atom is 0.179 e. The molecule has 2 aliphatic heterocycles. The van der Waals surface area contributed by atoms with Crippen LogP contribution in [0.3, 0.4) is 0 Å². The zero-order chi connectivity index (χ0) is 24.1. The lowest BCUT2D eigenvalue weighted by atomic mass is 10.1. The van der Waals surface area contributed by atoms with Gasteiger partial charge < -0.3 is 24.1 Å². The standard InChI is InChI=1S/C23H28N4O6S/c1-30-17-13-18-22(21(14-17)32-3)34(29)25-23(18)27(7-6-26-8-10-33-11-9-26)24-15-16-4-5-19(28)20(12-16)31-2/h4-5,12-15,28H,6-11H2,1-3H3/b24-15+. The summed E-state index contributed by atoms with van der Waals surface area (Å²) in [5.41, 5.74) is 1.38.